The average molecular weight is 271 g/mol. The van der Waals surface area contributed by atoms with Gasteiger partial charge in [-0.3, -0.25) is 0 Å². The van der Waals surface area contributed by atoms with Crippen LogP contribution in [0.2, 0.25) is 0 Å². The molecule has 1 heterocycles. The topological polar surface area (TPSA) is 37.4 Å². The zero-order chi connectivity index (χ0) is 13.4. The molecule has 0 saturated heterocycles. The van der Waals surface area contributed by atoms with Crippen molar-refractivity contribution in [3.8, 4) is 0 Å². The summed E-state index contributed by atoms with van der Waals surface area (Å²) in [6, 6.07) is 0. The van der Waals surface area contributed by atoms with Crippen LogP contribution in [0.5, 0.6) is 0 Å². The SMILES string of the molecule is CCNCc1sc(N(C)CCCOC)nc1CC. The molecule has 0 aliphatic rings. The van der Waals surface area contributed by atoms with Crippen molar-refractivity contribution in [3.05, 3.63) is 10.6 Å². The zero-order valence-electron chi connectivity index (χ0n) is 12.0. The van der Waals surface area contributed by atoms with Gasteiger partial charge in [-0.2, -0.15) is 0 Å². The van der Waals surface area contributed by atoms with Gasteiger partial charge in [0.05, 0.1) is 5.69 Å². The lowest BCUT2D eigenvalue weighted by Crippen LogP contribution is -2.19. The van der Waals surface area contributed by atoms with Crippen LogP contribution >= 0.6 is 11.3 Å². The number of aromatic nitrogens is 1. The number of thiazole rings is 1. The van der Waals surface area contributed by atoms with Gasteiger partial charge in [-0.1, -0.05) is 13.8 Å². The molecule has 0 saturated carbocycles. The van der Waals surface area contributed by atoms with Crippen LogP contribution in [0.25, 0.3) is 0 Å². The number of ether oxygens (including phenoxy) is 1. The largest absolute Gasteiger partial charge is 0.385 e. The van der Waals surface area contributed by atoms with Gasteiger partial charge < -0.3 is 15.0 Å². The van der Waals surface area contributed by atoms with Gasteiger partial charge in [-0.15, -0.1) is 11.3 Å². The van der Waals surface area contributed by atoms with E-state index in [1.54, 1.807) is 18.4 Å². The normalized spacial score (nSPS) is 10.9. The van der Waals surface area contributed by atoms with Gasteiger partial charge in [0.2, 0.25) is 0 Å². The van der Waals surface area contributed by atoms with Crippen molar-refractivity contribution in [1.82, 2.24) is 10.3 Å². The van der Waals surface area contributed by atoms with Crippen molar-refractivity contribution < 1.29 is 4.74 Å². The van der Waals surface area contributed by atoms with E-state index in [9.17, 15) is 0 Å². The van der Waals surface area contributed by atoms with Gasteiger partial charge >= 0.3 is 0 Å². The maximum Gasteiger partial charge on any atom is 0.185 e. The Labute approximate surface area is 114 Å². The summed E-state index contributed by atoms with van der Waals surface area (Å²) >= 11 is 1.80. The van der Waals surface area contributed by atoms with E-state index in [0.29, 0.717) is 0 Å². The number of rotatable bonds is 9. The van der Waals surface area contributed by atoms with Gasteiger partial charge in [0.1, 0.15) is 0 Å². The van der Waals surface area contributed by atoms with Crippen molar-refractivity contribution in [1.29, 1.82) is 0 Å². The highest BCUT2D eigenvalue weighted by molar-refractivity contribution is 7.15. The molecule has 5 heteroatoms. The van der Waals surface area contributed by atoms with Crippen LogP contribution in [0, 0.1) is 0 Å². The first-order valence-electron chi connectivity index (χ1n) is 6.62. The first-order valence-corrected chi connectivity index (χ1v) is 7.43. The number of nitrogens with zero attached hydrogens (tertiary/aromatic N) is 2. The van der Waals surface area contributed by atoms with E-state index in [1.165, 1.54) is 10.6 Å². The second-order valence-corrected chi connectivity index (χ2v) is 5.33. The van der Waals surface area contributed by atoms with Gasteiger partial charge in [-0.05, 0) is 19.4 Å². The lowest BCUT2D eigenvalue weighted by atomic mass is 10.3. The Kier molecular flexibility index (Phi) is 7.23. The lowest BCUT2D eigenvalue weighted by Gasteiger charge is -2.14. The Morgan fingerprint density at radius 3 is 2.78 bits per heavy atom. The predicted molar refractivity (Wildman–Crippen MR) is 78.6 cm³/mol. The molecule has 0 radical (unpaired) electrons. The molecule has 18 heavy (non-hydrogen) atoms. The number of aryl methyl sites for hydroxylation is 1. The molecule has 1 aromatic rings. The molecule has 1 N–H and O–H groups in total. The summed E-state index contributed by atoms with van der Waals surface area (Å²) in [5.41, 5.74) is 1.23. The van der Waals surface area contributed by atoms with Gasteiger partial charge in [0.25, 0.3) is 0 Å². The molecular formula is C13H25N3OS. The molecule has 1 rings (SSSR count). The summed E-state index contributed by atoms with van der Waals surface area (Å²) in [5.74, 6) is 0. The molecule has 104 valence electrons. The Hall–Kier alpha value is -0.650. The van der Waals surface area contributed by atoms with Crippen molar-refractivity contribution in [2.24, 2.45) is 0 Å². The Bertz CT molecular complexity index is 341. The number of methoxy groups -OCH3 is 1. The molecule has 0 aliphatic heterocycles. The number of hydrogen-bond acceptors (Lipinski definition) is 5. The van der Waals surface area contributed by atoms with Crippen LogP contribution in [0.3, 0.4) is 0 Å². The molecule has 0 aromatic carbocycles. The summed E-state index contributed by atoms with van der Waals surface area (Å²) in [6.45, 7) is 8.03. The van der Waals surface area contributed by atoms with E-state index in [-0.39, 0.29) is 0 Å². The summed E-state index contributed by atoms with van der Waals surface area (Å²) < 4.78 is 5.08. The Morgan fingerprint density at radius 1 is 1.39 bits per heavy atom. The zero-order valence-corrected chi connectivity index (χ0v) is 12.8. The molecule has 0 bridgehead atoms. The minimum Gasteiger partial charge on any atom is -0.385 e. The standard InChI is InChI=1S/C13H25N3OS/c1-5-11-12(10-14-6-2)18-13(15-11)16(3)8-7-9-17-4/h14H,5-10H2,1-4H3. The van der Waals surface area contributed by atoms with E-state index in [4.69, 9.17) is 9.72 Å². The highest BCUT2D eigenvalue weighted by Gasteiger charge is 2.12. The maximum atomic E-state index is 5.08. The first-order chi connectivity index (χ1) is 8.72. The van der Waals surface area contributed by atoms with Crippen molar-refractivity contribution in [2.75, 3.05) is 38.8 Å². The van der Waals surface area contributed by atoms with E-state index >= 15 is 0 Å². The Balaban J connectivity index is 2.61. The van der Waals surface area contributed by atoms with Crippen LogP contribution < -0.4 is 10.2 Å². The molecular weight excluding hydrogens is 246 g/mol. The quantitative estimate of drug-likeness (QED) is 0.699. The number of anilines is 1. The fraction of sp³-hybridized carbons (Fsp3) is 0.769. The third-order valence-corrected chi connectivity index (χ3v) is 4.02. The molecule has 0 atom stereocenters. The molecule has 1 aromatic heterocycles. The van der Waals surface area contributed by atoms with Crippen molar-refractivity contribution in [3.63, 3.8) is 0 Å². The summed E-state index contributed by atoms with van der Waals surface area (Å²) in [5, 5.41) is 4.50. The van der Waals surface area contributed by atoms with Crippen molar-refractivity contribution in [2.45, 2.75) is 33.2 Å². The van der Waals surface area contributed by atoms with Gasteiger partial charge in [0, 0.05) is 38.7 Å². The number of nitrogens with one attached hydrogen (secondary N) is 1. The lowest BCUT2D eigenvalue weighted by molar-refractivity contribution is 0.196. The van der Waals surface area contributed by atoms with Gasteiger partial charge in [-0.25, -0.2) is 4.98 Å². The minimum absolute atomic E-state index is 0.806. The first kappa shape index (κ1) is 15.4. The average Bonchev–Trinajstić information content (AvgIpc) is 2.79. The summed E-state index contributed by atoms with van der Waals surface area (Å²) in [7, 11) is 3.85. The van der Waals surface area contributed by atoms with Crippen LogP contribution in [-0.2, 0) is 17.7 Å². The molecule has 0 unspecified atom stereocenters. The van der Waals surface area contributed by atoms with Gasteiger partial charge in [0.15, 0.2) is 5.13 Å². The third kappa shape index (κ3) is 4.55. The summed E-state index contributed by atoms with van der Waals surface area (Å²) in [4.78, 5) is 8.31. The molecule has 0 aliphatic carbocycles. The van der Waals surface area contributed by atoms with Crippen molar-refractivity contribution >= 4 is 16.5 Å². The van der Waals surface area contributed by atoms with Crippen LogP contribution in [0.15, 0.2) is 0 Å². The number of hydrogen-bond donors (Lipinski definition) is 1. The van der Waals surface area contributed by atoms with E-state index in [0.717, 1.165) is 44.2 Å². The monoisotopic (exact) mass is 271 g/mol. The van der Waals surface area contributed by atoms with Crippen LogP contribution in [-0.4, -0.2) is 38.8 Å². The summed E-state index contributed by atoms with van der Waals surface area (Å²) in [6.07, 6.45) is 2.04. The van der Waals surface area contributed by atoms with E-state index in [1.807, 2.05) is 0 Å². The fourth-order valence-corrected chi connectivity index (χ4v) is 2.83. The second-order valence-electron chi connectivity index (χ2n) is 4.27. The predicted octanol–water partition coefficient (Wildman–Crippen LogP) is 2.29. The highest BCUT2D eigenvalue weighted by atomic mass is 32.1. The molecule has 0 fully saturated rings. The maximum absolute atomic E-state index is 5.08. The molecule has 4 nitrogen and oxygen atoms in total. The minimum atomic E-state index is 0.806. The smallest absolute Gasteiger partial charge is 0.185 e. The third-order valence-electron chi connectivity index (χ3n) is 2.81. The molecule has 0 spiro atoms. The Morgan fingerprint density at radius 2 is 2.17 bits per heavy atom. The molecule has 0 amide bonds. The second kappa shape index (κ2) is 8.45. The van der Waals surface area contributed by atoms with Crippen LogP contribution in [0.1, 0.15) is 30.8 Å². The highest BCUT2D eigenvalue weighted by Crippen LogP contribution is 2.26. The van der Waals surface area contributed by atoms with E-state index < -0.39 is 0 Å². The van der Waals surface area contributed by atoms with E-state index in [2.05, 4.69) is 31.1 Å². The van der Waals surface area contributed by atoms with Crippen LogP contribution in [0.4, 0.5) is 5.13 Å². The fourth-order valence-electron chi connectivity index (χ4n) is 1.73.